The van der Waals surface area contributed by atoms with Crippen LogP contribution in [-0.2, 0) is 0 Å². The Kier molecular flexibility index (Phi) is 5.58. The summed E-state index contributed by atoms with van der Waals surface area (Å²) in [5.41, 5.74) is 11.8. The Bertz CT molecular complexity index is 1430. The van der Waals surface area contributed by atoms with Crippen LogP contribution in [0.25, 0.3) is 33.3 Å². The van der Waals surface area contributed by atoms with E-state index in [-0.39, 0.29) is 5.56 Å². The molecule has 2 fully saturated rings. The SMILES string of the molecule is CN1CCN(c2ccc3nc(-c4c(N)c5cc(NC6CCNCC6)ccc5[nH]c4=O)[nH]c3c2)CC1. The van der Waals surface area contributed by atoms with E-state index in [1.165, 1.54) is 0 Å². The first-order chi connectivity index (χ1) is 17.0. The number of likely N-dealkylation sites (N-methyl/N-ethyl adjacent to an activating group) is 1. The van der Waals surface area contributed by atoms with Gasteiger partial charge < -0.3 is 36.1 Å². The Labute approximate surface area is 203 Å². The largest absolute Gasteiger partial charge is 0.397 e. The molecule has 0 unspecified atom stereocenters. The monoisotopic (exact) mass is 472 g/mol. The molecule has 0 amide bonds. The molecule has 0 radical (unpaired) electrons. The summed E-state index contributed by atoms with van der Waals surface area (Å²) in [7, 11) is 2.15. The smallest absolute Gasteiger partial charge is 0.261 e. The average Bonchev–Trinajstić information content (AvgIpc) is 3.28. The van der Waals surface area contributed by atoms with Crippen LogP contribution in [0.1, 0.15) is 12.8 Å². The zero-order valence-corrected chi connectivity index (χ0v) is 20.0. The number of aromatic nitrogens is 3. The first-order valence-electron chi connectivity index (χ1n) is 12.4. The highest BCUT2D eigenvalue weighted by Gasteiger charge is 2.19. The van der Waals surface area contributed by atoms with Crippen LogP contribution in [0.4, 0.5) is 17.1 Å². The number of benzene rings is 2. The lowest BCUT2D eigenvalue weighted by Crippen LogP contribution is -2.44. The molecule has 2 aliphatic heterocycles. The lowest BCUT2D eigenvalue weighted by Gasteiger charge is -2.34. The van der Waals surface area contributed by atoms with Crippen molar-refractivity contribution in [3.8, 4) is 11.4 Å². The molecule has 0 bridgehead atoms. The molecular weight excluding hydrogens is 440 g/mol. The molecule has 0 saturated carbocycles. The van der Waals surface area contributed by atoms with Gasteiger partial charge in [-0.05, 0) is 69.4 Å². The summed E-state index contributed by atoms with van der Waals surface area (Å²) < 4.78 is 0. The average molecular weight is 473 g/mol. The van der Waals surface area contributed by atoms with E-state index in [1.54, 1.807) is 0 Å². The second-order valence-corrected chi connectivity index (χ2v) is 9.75. The van der Waals surface area contributed by atoms with E-state index in [4.69, 9.17) is 10.7 Å². The molecule has 2 aromatic carbocycles. The number of piperazine rings is 1. The quantitative estimate of drug-likeness (QED) is 0.310. The third-order valence-electron chi connectivity index (χ3n) is 7.33. The number of nitrogen functional groups attached to an aromatic ring is 1. The number of nitrogens with zero attached hydrogens (tertiary/aromatic N) is 3. The first-order valence-corrected chi connectivity index (χ1v) is 12.4. The second kappa shape index (κ2) is 8.90. The minimum atomic E-state index is -0.243. The number of nitrogens with two attached hydrogens (primary N) is 1. The zero-order valence-electron chi connectivity index (χ0n) is 20.0. The number of imidazole rings is 1. The number of aromatic amines is 2. The van der Waals surface area contributed by atoms with Crippen molar-refractivity contribution in [1.82, 2.24) is 25.2 Å². The third-order valence-corrected chi connectivity index (χ3v) is 7.33. The number of pyridine rings is 1. The molecular formula is C26H32N8O. The number of hydrogen-bond donors (Lipinski definition) is 5. The molecule has 0 aliphatic carbocycles. The maximum atomic E-state index is 13.0. The summed E-state index contributed by atoms with van der Waals surface area (Å²) >= 11 is 0. The Hall–Kier alpha value is -3.56. The van der Waals surface area contributed by atoms with Crippen molar-refractivity contribution in [3.63, 3.8) is 0 Å². The molecule has 9 heteroatoms. The van der Waals surface area contributed by atoms with Crippen LogP contribution in [0.15, 0.2) is 41.2 Å². The van der Waals surface area contributed by atoms with Gasteiger partial charge in [0.25, 0.3) is 5.56 Å². The van der Waals surface area contributed by atoms with Crippen molar-refractivity contribution in [3.05, 3.63) is 46.8 Å². The molecule has 35 heavy (non-hydrogen) atoms. The highest BCUT2D eigenvalue weighted by molar-refractivity contribution is 5.99. The number of rotatable bonds is 4. The van der Waals surface area contributed by atoms with Gasteiger partial charge in [-0.3, -0.25) is 4.79 Å². The van der Waals surface area contributed by atoms with E-state index < -0.39 is 0 Å². The predicted molar refractivity (Wildman–Crippen MR) is 143 cm³/mol. The van der Waals surface area contributed by atoms with E-state index in [0.29, 0.717) is 23.1 Å². The van der Waals surface area contributed by atoms with Gasteiger partial charge in [-0.15, -0.1) is 0 Å². The standard InChI is InChI=1S/C26H32N8O/c1-33-10-12-34(13-11-33)18-3-5-21-22(15-18)31-25(30-21)23-24(27)19-14-17(2-4-20(19)32-26(23)35)29-16-6-8-28-9-7-16/h2-5,14-16,28-29H,6-13H2,1H3,(H,30,31)(H3,27,32,35). The normalized spacial score (nSPS) is 17.9. The predicted octanol–water partition coefficient (Wildman–Crippen LogP) is 2.57. The maximum Gasteiger partial charge on any atom is 0.261 e. The fourth-order valence-electron chi connectivity index (χ4n) is 5.22. The number of nitrogens with one attached hydrogen (secondary N) is 4. The summed E-state index contributed by atoms with van der Waals surface area (Å²) in [5.74, 6) is 0.493. The summed E-state index contributed by atoms with van der Waals surface area (Å²) in [6.07, 6.45) is 2.17. The molecule has 6 rings (SSSR count). The van der Waals surface area contributed by atoms with E-state index in [0.717, 1.165) is 85.4 Å². The molecule has 0 spiro atoms. The number of hydrogen-bond acceptors (Lipinski definition) is 7. The summed E-state index contributed by atoms with van der Waals surface area (Å²) in [6.45, 7) is 6.12. The topological polar surface area (TPSA) is 118 Å². The maximum absolute atomic E-state index is 13.0. The van der Waals surface area contributed by atoms with Gasteiger partial charge in [0.1, 0.15) is 11.4 Å². The molecule has 6 N–H and O–H groups in total. The number of H-pyrrole nitrogens is 2. The Balaban J connectivity index is 1.35. The van der Waals surface area contributed by atoms with Crippen LogP contribution < -0.4 is 26.8 Å². The van der Waals surface area contributed by atoms with Gasteiger partial charge in [0.2, 0.25) is 0 Å². The minimum absolute atomic E-state index is 0.243. The lowest BCUT2D eigenvalue weighted by molar-refractivity contribution is 0.313. The van der Waals surface area contributed by atoms with Crippen molar-refractivity contribution in [2.24, 2.45) is 0 Å². The highest BCUT2D eigenvalue weighted by Crippen LogP contribution is 2.31. The fraction of sp³-hybridized carbons (Fsp3) is 0.385. The Morgan fingerprint density at radius 2 is 1.80 bits per heavy atom. The lowest BCUT2D eigenvalue weighted by atomic mass is 10.0. The second-order valence-electron chi connectivity index (χ2n) is 9.75. The molecule has 0 atom stereocenters. The van der Waals surface area contributed by atoms with Gasteiger partial charge in [-0.25, -0.2) is 4.98 Å². The molecule has 4 heterocycles. The van der Waals surface area contributed by atoms with Crippen LogP contribution in [0, 0.1) is 0 Å². The Morgan fingerprint density at radius 3 is 2.60 bits per heavy atom. The van der Waals surface area contributed by atoms with Gasteiger partial charge in [0.05, 0.1) is 22.2 Å². The first kappa shape index (κ1) is 21.9. The van der Waals surface area contributed by atoms with Crippen molar-refractivity contribution in [1.29, 1.82) is 0 Å². The van der Waals surface area contributed by atoms with Crippen molar-refractivity contribution >= 4 is 39.0 Å². The van der Waals surface area contributed by atoms with Gasteiger partial charge in [0.15, 0.2) is 0 Å². The van der Waals surface area contributed by atoms with E-state index in [9.17, 15) is 4.79 Å². The van der Waals surface area contributed by atoms with Crippen molar-refractivity contribution < 1.29 is 0 Å². The van der Waals surface area contributed by atoms with Crippen LogP contribution in [0.3, 0.4) is 0 Å². The van der Waals surface area contributed by atoms with Gasteiger partial charge >= 0.3 is 0 Å². The van der Waals surface area contributed by atoms with Crippen molar-refractivity contribution in [2.45, 2.75) is 18.9 Å². The van der Waals surface area contributed by atoms with Gasteiger partial charge in [-0.2, -0.15) is 0 Å². The minimum Gasteiger partial charge on any atom is -0.397 e. The van der Waals surface area contributed by atoms with Crippen LogP contribution in [-0.4, -0.2) is 72.2 Å². The number of fused-ring (bicyclic) bond motifs is 2. The molecule has 182 valence electrons. The van der Waals surface area contributed by atoms with E-state index in [2.05, 4.69) is 49.6 Å². The summed E-state index contributed by atoms with van der Waals surface area (Å²) in [6, 6.07) is 12.6. The summed E-state index contributed by atoms with van der Waals surface area (Å²) in [4.78, 5) is 28.8. The molecule has 2 aliphatic rings. The third kappa shape index (κ3) is 4.21. The fourth-order valence-corrected chi connectivity index (χ4v) is 5.22. The van der Waals surface area contributed by atoms with Crippen LogP contribution >= 0.6 is 0 Å². The summed E-state index contributed by atoms with van der Waals surface area (Å²) in [5, 5.41) is 7.82. The highest BCUT2D eigenvalue weighted by atomic mass is 16.1. The van der Waals surface area contributed by atoms with Crippen molar-refractivity contribution in [2.75, 3.05) is 62.3 Å². The molecule has 4 aromatic rings. The number of piperidine rings is 1. The number of anilines is 3. The van der Waals surface area contributed by atoms with E-state index >= 15 is 0 Å². The zero-order chi connectivity index (χ0) is 23.9. The molecule has 2 saturated heterocycles. The molecule has 9 nitrogen and oxygen atoms in total. The van der Waals surface area contributed by atoms with Crippen LogP contribution in [0.5, 0.6) is 0 Å². The van der Waals surface area contributed by atoms with E-state index in [1.807, 2.05) is 24.3 Å². The Morgan fingerprint density at radius 1 is 1.00 bits per heavy atom. The van der Waals surface area contributed by atoms with Gasteiger partial charge in [0, 0.05) is 49.0 Å². The molecule has 2 aromatic heterocycles. The van der Waals surface area contributed by atoms with Crippen LogP contribution in [0.2, 0.25) is 0 Å². The van der Waals surface area contributed by atoms with Gasteiger partial charge in [-0.1, -0.05) is 0 Å².